The summed E-state index contributed by atoms with van der Waals surface area (Å²) in [5, 5.41) is 8.54. The molecule has 6 heteroatoms. The molecule has 0 aliphatic carbocycles. The molecule has 1 heterocycles. The maximum Gasteiger partial charge on any atom is 0.234 e. The van der Waals surface area contributed by atoms with Crippen LogP contribution in [0, 0.1) is 0 Å². The number of hydrogen-bond donors (Lipinski definition) is 3. The minimum absolute atomic E-state index is 0.000230. The Morgan fingerprint density at radius 2 is 1.94 bits per heavy atom. The van der Waals surface area contributed by atoms with Crippen molar-refractivity contribution in [2.45, 2.75) is 13.0 Å². The van der Waals surface area contributed by atoms with Gasteiger partial charge < -0.3 is 16.0 Å². The number of rotatable bonds is 6. The van der Waals surface area contributed by atoms with E-state index in [0.717, 1.165) is 13.1 Å². The van der Waals surface area contributed by atoms with Gasteiger partial charge in [0.15, 0.2) is 0 Å². The first-order valence-electron chi connectivity index (χ1n) is 5.51. The van der Waals surface area contributed by atoms with Crippen molar-refractivity contribution in [3.63, 3.8) is 0 Å². The van der Waals surface area contributed by atoms with E-state index in [2.05, 4.69) is 16.0 Å². The highest BCUT2D eigenvalue weighted by Gasteiger charge is 2.22. The Labute approximate surface area is 95.8 Å². The molecule has 16 heavy (non-hydrogen) atoms. The molecule has 2 amide bonds. The number of likely N-dealkylation sites (N-methyl/N-ethyl adjacent to an activating group) is 1. The van der Waals surface area contributed by atoms with Crippen molar-refractivity contribution in [1.82, 2.24) is 20.9 Å². The lowest BCUT2D eigenvalue weighted by Crippen LogP contribution is -2.57. The quantitative estimate of drug-likeness (QED) is 0.466. The predicted molar refractivity (Wildman–Crippen MR) is 61.0 cm³/mol. The van der Waals surface area contributed by atoms with E-state index in [9.17, 15) is 9.59 Å². The molecule has 1 aliphatic rings. The average Bonchev–Trinajstić information content (AvgIpc) is 2.08. The van der Waals surface area contributed by atoms with E-state index in [1.807, 2.05) is 11.9 Å². The van der Waals surface area contributed by atoms with E-state index in [1.165, 1.54) is 6.92 Å². The third-order valence-corrected chi connectivity index (χ3v) is 2.60. The molecular weight excluding hydrogens is 208 g/mol. The van der Waals surface area contributed by atoms with Crippen molar-refractivity contribution in [3.05, 3.63) is 0 Å². The summed E-state index contributed by atoms with van der Waals surface area (Å²) in [6.07, 6.45) is 0. The molecule has 3 N–H and O–H groups in total. The Morgan fingerprint density at radius 3 is 2.44 bits per heavy atom. The van der Waals surface area contributed by atoms with Crippen LogP contribution in [-0.2, 0) is 9.59 Å². The van der Waals surface area contributed by atoms with Gasteiger partial charge in [-0.2, -0.15) is 0 Å². The summed E-state index contributed by atoms with van der Waals surface area (Å²) >= 11 is 0. The maximum atomic E-state index is 11.5. The molecule has 0 aromatic rings. The van der Waals surface area contributed by atoms with Gasteiger partial charge >= 0.3 is 0 Å². The summed E-state index contributed by atoms with van der Waals surface area (Å²) in [6, 6.07) is 0.473. The highest BCUT2D eigenvalue weighted by molar-refractivity contribution is 5.78. The first-order chi connectivity index (χ1) is 7.59. The Kier molecular flexibility index (Phi) is 5.21. The zero-order valence-corrected chi connectivity index (χ0v) is 9.88. The highest BCUT2D eigenvalue weighted by Crippen LogP contribution is 2.00. The Bertz CT molecular complexity index is 253. The molecule has 0 unspecified atom stereocenters. The number of carbonyl (C=O) groups is 2. The van der Waals surface area contributed by atoms with Crippen molar-refractivity contribution in [2.75, 3.05) is 39.8 Å². The first-order valence-corrected chi connectivity index (χ1v) is 5.51. The average molecular weight is 228 g/mol. The zero-order valence-electron chi connectivity index (χ0n) is 9.88. The van der Waals surface area contributed by atoms with E-state index in [1.54, 1.807) is 0 Å². The number of nitrogens with one attached hydrogen (secondary N) is 3. The zero-order chi connectivity index (χ0) is 12.0. The first kappa shape index (κ1) is 12.9. The van der Waals surface area contributed by atoms with Crippen LogP contribution in [-0.4, -0.2) is 62.5 Å². The molecule has 0 radical (unpaired) electrons. The van der Waals surface area contributed by atoms with Crippen LogP contribution >= 0.6 is 0 Å². The lowest BCUT2D eigenvalue weighted by Gasteiger charge is -2.35. The Morgan fingerprint density at radius 1 is 1.31 bits per heavy atom. The van der Waals surface area contributed by atoms with Gasteiger partial charge in [-0.05, 0) is 7.05 Å². The molecule has 0 atom stereocenters. The topological polar surface area (TPSA) is 73.5 Å². The molecule has 0 bridgehead atoms. The second-order valence-electron chi connectivity index (χ2n) is 4.06. The van der Waals surface area contributed by atoms with E-state index >= 15 is 0 Å². The van der Waals surface area contributed by atoms with Gasteiger partial charge in [0.1, 0.15) is 0 Å². The van der Waals surface area contributed by atoms with Crippen molar-refractivity contribution in [1.29, 1.82) is 0 Å². The summed E-state index contributed by atoms with van der Waals surface area (Å²) < 4.78 is 0. The van der Waals surface area contributed by atoms with E-state index < -0.39 is 0 Å². The second kappa shape index (κ2) is 6.44. The molecule has 6 nitrogen and oxygen atoms in total. The van der Waals surface area contributed by atoms with E-state index in [-0.39, 0.29) is 11.8 Å². The second-order valence-corrected chi connectivity index (χ2v) is 4.06. The van der Waals surface area contributed by atoms with Crippen LogP contribution in [0.4, 0.5) is 0 Å². The molecule has 1 saturated heterocycles. The highest BCUT2D eigenvalue weighted by atomic mass is 16.2. The van der Waals surface area contributed by atoms with Crippen LogP contribution in [0.1, 0.15) is 6.92 Å². The van der Waals surface area contributed by atoms with Crippen LogP contribution < -0.4 is 16.0 Å². The van der Waals surface area contributed by atoms with Gasteiger partial charge in [-0.3, -0.25) is 14.5 Å². The number of hydrogen-bond acceptors (Lipinski definition) is 4. The summed E-state index contributed by atoms with van der Waals surface area (Å²) in [7, 11) is 1.94. The fourth-order valence-electron chi connectivity index (χ4n) is 1.44. The van der Waals surface area contributed by atoms with Gasteiger partial charge in [-0.15, -0.1) is 0 Å². The molecule has 0 aromatic heterocycles. The maximum absolute atomic E-state index is 11.5. The largest absolute Gasteiger partial charge is 0.355 e. The molecule has 0 aromatic carbocycles. The molecule has 92 valence electrons. The summed E-state index contributed by atoms with van der Waals surface area (Å²) in [6.45, 7) is 4.74. The van der Waals surface area contributed by atoms with Crippen LogP contribution in [0.25, 0.3) is 0 Å². The van der Waals surface area contributed by atoms with Crippen molar-refractivity contribution >= 4 is 11.8 Å². The van der Waals surface area contributed by atoms with Crippen molar-refractivity contribution < 1.29 is 9.59 Å². The van der Waals surface area contributed by atoms with Crippen molar-refractivity contribution in [3.8, 4) is 0 Å². The smallest absolute Gasteiger partial charge is 0.234 e. The van der Waals surface area contributed by atoms with Crippen LogP contribution in [0.3, 0.4) is 0 Å². The minimum Gasteiger partial charge on any atom is -0.355 e. The monoisotopic (exact) mass is 228 g/mol. The fraction of sp³-hybridized carbons (Fsp3) is 0.800. The molecule has 1 fully saturated rings. The standard InChI is InChI=1S/C10H20N4O2/c1-8(15)12-3-4-13-10(16)7-14(2)9-5-11-6-9/h9,11H,3-7H2,1-2H3,(H,12,15)(H,13,16). The molecule has 0 spiro atoms. The predicted octanol–water partition coefficient (Wildman–Crippen LogP) is -1.86. The van der Waals surface area contributed by atoms with Crippen LogP contribution in [0.15, 0.2) is 0 Å². The number of nitrogens with zero attached hydrogens (tertiary/aromatic N) is 1. The lowest BCUT2D eigenvalue weighted by atomic mass is 10.1. The Balaban J connectivity index is 2.03. The van der Waals surface area contributed by atoms with Gasteiger partial charge in [0, 0.05) is 39.1 Å². The Hall–Kier alpha value is -1.14. The van der Waals surface area contributed by atoms with Gasteiger partial charge in [-0.1, -0.05) is 0 Å². The summed E-state index contributed by atoms with van der Waals surface area (Å²) in [5.41, 5.74) is 0. The van der Waals surface area contributed by atoms with Gasteiger partial charge in [0.2, 0.25) is 11.8 Å². The van der Waals surface area contributed by atoms with E-state index in [4.69, 9.17) is 0 Å². The van der Waals surface area contributed by atoms with Gasteiger partial charge in [0.05, 0.1) is 6.54 Å². The SMILES string of the molecule is CC(=O)NCCNC(=O)CN(C)C1CNC1. The third kappa shape index (κ3) is 4.59. The normalized spacial score (nSPS) is 15.7. The van der Waals surface area contributed by atoms with E-state index in [0.29, 0.717) is 25.7 Å². The number of amides is 2. The molecule has 1 aliphatic heterocycles. The molecular formula is C10H20N4O2. The van der Waals surface area contributed by atoms with Crippen molar-refractivity contribution in [2.24, 2.45) is 0 Å². The number of carbonyl (C=O) groups excluding carboxylic acids is 2. The van der Waals surface area contributed by atoms with Gasteiger partial charge in [0.25, 0.3) is 0 Å². The summed E-state index contributed by atoms with van der Waals surface area (Å²) in [5.74, 6) is -0.0772. The molecule has 0 saturated carbocycles. The van der Waals surface area contributed by atoms with Gasteiger partial charge in [-0.25, -0.2) is 0 Å². The van der Waals surface area contributed by atoms with Crippen LogP contribution in [0.5, 0.6) is 0 Å². The third-order valence-electron chi connectivity index (χ3n) is 2.60. The van der Waals surface area contributed by atoms with Crippen LogP contribution in [0.2, 0.25) is 0 Å². The fourth-order valence-corrected chi connectivity index (χ4v) is 1.44. The molecule has 1 rings (SSSR count). The summed E-state index contributed by atoms with van der Waals surface area (Å²) in [4.78, 5) is 24.1. The minimum atomic E-state index is -0.0769. The lowest BCUT2D eigenvalue weighted by molar-refractivity contribution is -0.123.